The van der Waals surface area contributed by atoms with Crippen molar-refractivity contribution in [2.45, 2.75) is 5.41 Å². The highest BCUT2D eigenvalue weighted by atomic mass is 16.3. The van der Waals surface area contributed by atoms with Crippen LogP contribution in [0.25, 0.3) is 82.8 Å². The molecule has 13 aromatic rings. The zero-order valence-corrected chi connectivity index (χ0v) is 38.2. The molecule has 1 aliphatic rings. The van der Waals surface area contributed by atoms with Gasteiger partial charge in [0.05, 0.1) is 16.4 Å². The maximum Gasteiger partial charge on any atom is 0.135 e. The molecule has 0 aliphatic heterocycles. The third-order valence-corrected chi connectivity index (χ3v) is 14.7. The van der Waals surface area contributed by atoms with Crippen molar-refractivity contribution in [3.63, 3.8) is 0 Å². The first-order chi connectivity index (χ1) is 34.7. The second-order valence-corrected chi connectivity index (χ2v) is 18.4. The molecule has 3 heteroatoms. The topological polar surface area (TPSA) is 21.3 Å². The molecule has 0 saturated heterocycles. The summed E-state index contributed by atoms with van der Waals surface area (Å²) in [5.41, 5.74) is 20.3. The van der Waals surface area contributed by atoms with Gasteiger partial charge in [-0.15, -0.1) is 0 Å². The third-order valence-electron chi connectivity index (χ3n) is 14.7. The molecule has 70 heavy (non-hydrogen) atoms. The normalized spacial score (nSPS) is 12.7. The average molecular weight is 893 g/mol. The Hall–Kier alpha value is -9.18. The van der Waals surface area contributed by atoms with E-state index in [1.165, 1.54) is 60.8 Å². The van der Waals surface area contributed by atoms with Crippen LogP contribution in [-0.4, -0.2) is 4.57 Å². The summed E-state index contributed by atoms with van der Waals surface area (Å²) in [5, 5.41) is 4.77. The standard InChI is InChI=1S/C67H44N2O/c1-3-17-49(18-4-1)67(50-19-5-2-6-20-50)61-26-11-7-22-55(61)59-44-54(39-40-62(59)67)68(53-21-15-16-47(42-53)48-34-41-66-60(43-48)58-25-10-14-29-65(58)70-66)51-35-30-45(31-36-51)46-32-37-52(38-33-46)69-63-27-12-8-23-56(63)57-24-9-13-28-64(57)69/h1-44H. The molecule has 0 radical (unpaired) electrons. The molecule has 11 aromatic carbocycles. The van der Waals surface area contributed by atoms with Crippen molar-refractivity contribution in [2.24, 2.45) is 0 Å². The fourth-order valence-electron chi connectivity index (χ4n) is 11.6. The van der Waals surface area contributed by atoms with Crippen LogP contribution in [0.2, 0.25) is 0 Å². The molecule has 0 spiro atoms. The van der Waals surface area contributed by atoms with Crippen LogP contribution in [0.1, 0.15) is 22.3 Å². The monoisotopic (exact) mass is 892 g/mol. The van der Waals surface area contributed by atoms with Crippen LogP contribution in [-0.2, 0) is 5.41 Å². The first-order valence-electron chi connectivity index (χ1n) is 24.1. The molecule has 0 bridgehead atoms. The van der Waals surface area contributed by atoms with E-state index in [-0.39, 0.29) is 0 Å². The quantitative estimate of drug-likeness (QED) is 0.152. The Morgan fingerprint density at radius 2 is 0.843 bits per heavy atom. The zero-order chi connectivity index (χ0) is 46.2. The Balaban J connectivity index is 0.904. The minimum absolute atomic E-state index is 0.480. The number of rotatable bonds is 8. The van der Waals surface area contributed by atoms with Crippen LogP contribution >= 0.6 is 0 Å². The molecule has 0 N–H and O–H groups in total. The number of furan rings is 1. The lowest BCUT2D eigenvalue weighted by atomic mass is 9.68. The summed E-state index contributed by atoms with van der Waals surface area (Å²) in [5.74, 6) is 0. The van der Waals surface area contributed by atoms with Crippen molar-refractivity contribution in [3.05, 3.63) is 289 Å². The zero-order valence-electron chi connectivity index (χ0n) is 38.2. The van der Waals surface area contributed by atoms with Gasteiger partial charge < -0.3 is 13.9 Å². The van der Waals surface area contributed by atoms with Gasteiger partial charge in [0.1, 0.15) is 11.2 Å². The number of aromatic nitrogens is 1. The molecule has 0 saturated carbocycles. The first-order valence-corrected chi connectivity index (χ1v) is 24.1. The predicted octanol–water partition coefficient (Wildman–Crippen LogP) is 17.8. The van der Waals surface area contributed by atoms with Gasteiger partial charge in [0, 0.05) is 44.3 Å². The van der Waals surface area contributed by atoms with E-state index in [1.807, 2.05) is 12.1 Å². The van der Waals surface area contributed by atoms with Crippen LogP contribution in [0.15, 0.2) is 271 Å². The van der Waals surface area contributed by atoms with Gasteiger partial charge in [-0.05, 0) is 134 Å². The molecular weight excluding hydrogens is 849 g/mol. The number of fused-ring (bicyclic) bond motifs is 9. The summed E-state index contributed by atoms with van der Waals surface area (Å²) in [6.45, 7) is 0. The van der Waals surface area contributed by atoms with E-state index >= 15 is 0 Å². The van der Waals surface area contributed by atoms with Gasteiger partial charge in [-0.2, -0.15) is 0 Å². The van der Waals surface area contributed by atoms with Gasteiger partial charge in [0.15, 0.2) is 0 Å². The highest BCUT2D eigenvalue weighted by molar-refractivity contribution is 6.09. The number of benzene rings is 11. The summed E-state index contributed by atoms with van der Waals surface area (Å²) < 4.78 is 8.61. The Kier molecular flexibility index (Phi) is 9.11. The molecule has 2 heterocycles. The Labute approximate surface area is 406 Å². The van der Waals surface area contributed by atoms with Crippen molar-refractivity contribution >= 4 is 60.8 Å². The van der Waals surface area contributed by atoms with E-state index in [9.17, 15) is 0 Å². The molecule has 2 aromatic heterocycles. The second kappa shape index (κ2) is 16.0. The lowest BCUT2D eigenvalue weighted by Crippen LogP contribution is -2.28. The van der Waals surface area contributed by atoms with E-state index in [4.69, 9.17) is 4.42 Å². The van der Waals surface area contributed by atoms with Crippen molar-refractivity contribution in [1.29, 1.82) is 0 Å². The third kappa shape index (κ3) is 6.15. The molecule has 3 nitrogen and oxygen atoms in total. The van der Waals surface area contributed by atoms with E-state index in [0.717, 1.165) is 61.4 Å². The second-order valence-electron chi connectivity index (χ2n) is 18.4. The Morgan fingerprint density at radius 1 is 0.314 bits per heavy atom. The maximum atomic E-state index is 6.24. The van der Waals surface area contributed by atoms with Crippen molar-refractivity contribution < 1.29 is 4.42 Å². The number of nitrogens with zero attached hydrogens (tertiary/aromatic N) is 2. The summed E-state index contributed by atoms with van der Waals surface area (Å²) >= 11 is 0. The van der Waals surface area contributed by atoms with Crippen molar-refractivity contribution in [2.75, 3.05) is 4.90 Å². The summed E-state index contributed by atoms with van der Waals surface area (Å²) in [4.78, 5) is 2.42. The molecule has 0 fully saturated rings. The SMILES string of the molecule is c1ccc(C2(c3ccccc3)c3ccccc3-c3cc(N(c4ccc(-c5ccc(-n6c7ccccc7c7ccccc76)cc5)cc4)c4cccc(-c5ccc6oc7ccccc7c6c5)c4)ccc32)cc1. The number of hydrogen-bond donors (Lipinski definition) is 0. The highest BCUT2D eigenvalue weighted by Gasteiger charge is 2.46. The summed E-state index contributed by atoms with van der Waals surface area (Å²) in [6.07, 6.45) is 0. The molecule has 328 valence electrons. The minimum atomic E-state index is -0.480. The molecule has 0 atom stereocenters. The van der Waals surface area contributed by atoms with E-state index in [1.54, 1.807) is 0 Å². The lowest BCUT2D eigenvalue weighted by molar-refractivity contribution is 0.669. The average Bonchev–Trinajstić information content (AvgIpc) is 4.08. The van der Waals surface area contributed by atoms with Gasteiger partial charge >= 0.3 is 0 Å². The first kappa shape index (κ1) is 39.9. The van der Waals surface area contributed by atoms with Crippen molar-refractivity contribution in [3.8, 4) is 39.1 Å². The lowest BCUT2D eigenvalue weighted by Gasteiger charge is -2.34. The van der Waals surface area contributed by atoms with E-state index in [0.29, 0.717) is 0 Å². The molecule has 0 amide bonds. The van der Waals surface area contributed by atoms with E-state index in [2.05, 4.69) is 264 Å². The summed E-state index contributed by atoms with van der Waals surface area (Å²) in [6, 6.07) is 97.3. The molecule has 0 unspecified atom stereocenters. The minimum Gasteiger partial charge on any atom is -0.456 e. The van der Waals surface area contributed by atoms with Gasteiger partial charge in [-0.3, -0.25) is 0 Å². The number of anilines is 3. The van der Waals surface area contributed by atoms with Crippen LogP contribution in [0, 0.1) is 0 Å². The van der Waals surface area contributed by atoms with Crippen LogP contribution in [0.5, 0.6) is 0 Å². The number of para-hydroxylation sites is 3. The largest absolute Gasteiger partial charge is 0.456 e. The van der Waals surface area contributed by atoms with Gasteiger partial charge in [0.25, 0.3) is 0 Å². The molecular formula is C67H44N2O. The van der Waals surface area contributed by atoms with Gasteiger partial charge in [-0.25, -0.2) is 0 Å². The Morgan fingerprint density at radius 3 is 1.56 bits per heavy atom. The molecule has 1 aliphatic carbocycles. The van der Waals surface area contributed by atoms with Crippen LogP contribution in [0.3, 0.4) is 0 Å². The van der Waals surface area contributed by atoms with Gasteiger partial charge in [0.2, 0.25) is 0 Å². The Bertz CT molecular complexity index is 4020. The van der Waals surface area contributed by atoms with Crippen LogP contribution < -0.4 is 4.90 Å². The smallest absolute Gasteiger partial charge is 0.135 e. The predicted molar refractivity (Wildman–Crippen MR) is 291 cm³/mol. The van der Waals surface area contributed by atoms with Gasteiger partial charge in [-0.1, -0.05) is 188 Å². The maximum absolute atomic E-state index is 6.24. The van der Waals surface area contributed by atoms with Crippen LogP contribution in [0.4, 0.5) is 17.1 Å². The number of hydrogen-bond acceptors (Lipinski definition) is 2. The van der Waals surface area contributed by atoms with E-state index < -0.39 is 5.41 Å². The summed E-state index contributed by atoms with van der Waals surface area (Å²) in [7, 11) is 0. The fourth-order valence-corrected chi connectivity index (χ4v) is 11.6. The fraction of sp³-hybridized carbons (Fsp3) is 0.0149. The molecule has 14 rings (SSSR count). The van der Waals surface area contributed by atoms with Crippen molar-refractivity contribution in [1.82, 2.24) is 4.57 Å². The highest BCUT2D eigenvalue weighted by Crippen LogP contribution is 2.57.